The lowest BCUT2D eigenvalue weighted by molar-refractivity contribution is -0.0655. The van der Waals surface area contributed by atoms with Crippen LogP contribution in [0.5, 0.6) is 0 Å². The molecule has 1 heterocycles. The molecule has 3 saturated carbocycles. The Balaban J connectivity index is 1.39. The van der Waals surface area contributed by atoms with Crippen LogP contribution in [-0.4, -0.2) is 35.0 Å². The quantitative estimate of drug-likeness (QED) is 0.561. The zero-order chi connectivity index (χ0) is 21.3. The van der Waals surface area contributed by atoms with Gasteiger partial charge in [-0.3, -0.25) is 0 Å². The van der Waals surface area contributed by atoms with Gasteiger partial charge in [0, 0.05) is 6.04 Å². The zero-order valence-electron chi connectivity index (χ0n) is 19.7. The van der Waals surface area contributed by atoms with E-state index in [0.29, 0.717) is 29.2 Å². The maximum atomic E-state index is 11.4. The maximum Gasteiger partial charge on any atom is 0.0579 e. The van der Waals surface area contributed by atoms with E-state index in [1.807, 2.05) is 0 Å². The summed E-state index contributed by atoms with van der Waals surface area (Å²) in [6.07, 6.45) is 12.6. The highest BCUT2D eigenvalue weighted by Gasteiger charge is 2.62. The molecule has 0 aromatic rings. The number of piperidine rings is 1. The average Bonchev–Trinajstić information content (AvgIpc) is 2.98. The maximum absolute atomic E-state index is 11.4. The second-order valence-corrected chi connectivity index (χ2v) is 12.6. The van der Waals surface area contributed by atoms with E-state index in [1.54, 1.807) is 5.57 Å². The summed E-state index contributed by atoms with van der Waals surface area (Å²) in [7, 11) is 0. The first-order valence-corrected chi connectivity index (χ1v) is 13.0. The molecule has 1 aliphatic heterocycles. The summed E-state index contributed by atoms with van der Waals surface area (Å²) in [4.78, 5) is 0. The molecule has 0 aromatic heterocycles. The van der Waals surface area contributed by atoms with E-state index in [9.17, 15) is 10.2 Å². The highest BCUT2D eigenvalue weighted by atomic mass is 16.3. The van der Waals surface area contributed by atoms with Gasteiger partial charge in [-0.25, -0.2) is 0 Å². The molecule has 3 heteroatoms. The largest absolute Gasteiger partial charge is 0.393 e. The number of allylic oxidation sites excluding steroid dienone is 1. The standard InChI is InChI=1S/C27H45NO2/c1-16-5-8-23(28-15-16)17(2)25-24(30)14-22-20-7-6-18-13-19(29)9-11-26(18,3)21(20)10-12-27(22,25)4/h6,16-17,19-25,28-30H,5,7-15H2,1-4H3/t16?,17-,19?,20?,21?,22?,23?,24?,25?,26+,27+/m1/s1. The fraction of sp³-hybridized carbons (Fsp3) is 0.926. The molecule has 8 unspecified atom stereocenters. The Bertz CT molecular complexity index is 682. The van der Waals surface area contributed by atoms with Crippen molar-refractivity contribution >= 4 is 0 Å². The molecule has 30 heavy (non-hydrogen) atoms. The van der Waals surface area contributed by atoms with Crippen LogP contribution in [0.15, 0.2) is 11.6 Å². The first-order chi connectivity index (χ1) is 14.2. The summed E-state index contributed by atoms with van der Waals surface area (Å²) < 4.78 is 0. The second kappa shape index (κ2) is 7.59. The number of rotatable bonds is 2. The van der Waals surface area contributed by atoms with Crippen LogP contribution in [-0.2, 0) is 0 Å². The zero-order valence-corrected chi connectivity index (χ0v) is 19.7. The van der Waals surface area contributed by atoms with Gasteiger partial charge < -0.3 is 15.5 Å². The highest BCUT2D eigenvalue weighted by molar-refractivity contribution is 5.25. The summed E-state index contributed by atoms with van der Waals surface area (Å²) in [6.45, 7) is 11.0. The number of aliphatic hydroxyl groups is 2. The Kier molecular flexibility index (Phi) is 5.43. The molecule has 1 saturated heterocycles. The van der Waals surface area contributed by atoms with Crippen molar-refractivity contribution in [1.29, 1.82) is 0 Å². The Morgan fingerprint density at radius 3 is 2.60 bits per heavy atom. The normalized spacial score (nSPS) is 54.5. The van der Waals surface area contributed by atoms with Crippen LogP contribution in [0.3, 0.4) is 0 Å². The van der Waals surface area contributed by atoms with E-state index < -0.39 is 0 Å². The number of nitrogens with one attached hydrogen (secondary N) is 1. The van der Waals surface area contributed by atoms with Crippen LogP contribution in [0, 0.1) is 46.3 Å². The van der Waals surface area contributed by atoms with Crippen molar-refractivity contribution in [3.8, 4) is 0 Å². The molecule has 3 N–H and O–H groups in total. The topological polar surface area (TPSA) is 52.5 Å². The predicted molar refractivity (Wildman–Crippen MR) is 122 cm³/mol. The molecule has 0 bridgehead atoms. The monoisotopic (exact) mass is 415 g/mol. The lowest BCUT2D eigenvalue weighted by Gasteiger charge is -2.58. The SMILES string of the molecule is CC1CCC([C@@H](C)C2C(O)CC3C4CC=C5CC(O)CC[C@]5(C)C4CC[C@@]32C)NC1. The Morgan fingerprint density at radius 1 is 1.07 bits per heavy atom. The van der Waals surface area contributed by atoms with Gasteiger partial charge >= 0.3 is 0 Å². The van der Waals surface area contributed by atoms with Crippen molar-refractivity contribution in [2.75, 3.05) is 6.54 Å². The minimum absolute atomic E-state index is 0.126. The molecule has 4 aliphatic carbocycles. The third kappa shape index (κ3) is 3.17. The van der Waals surface area contributed by atoms with Gasteiger partial charge in [0.05, 0.1) is 12.2 Å². The van der Waals surface area contributed by atoms with Gasteiger partial charge in [0.25, 0.3) is 0 Å². The first-order valence-electron chi connectivity index (χ1n) is 13.0. The summed E-state index contributed by atoms with van der Waals surface area (Å²) in [5.74, 6) is 3.90. The summed E-state index contributed by atoms with van der Waals surface area (Å²) >= 11 is 0. The molecule has 4 fully saturated rings. The molecule has 3 nitrogen and oxygen atoms in total. The number of hydrogen-bond acceptors (Lipinski definition) is 3. The Labute approximate surface area is 184 Å². The second-order valence-electron chi connectivity index (χ2n) is 12.6. The molecule has 0 amide bonds. The van der Waals surface area contributed by atoms with Crippen molar-refractivity contribution in [2.45, 2.75) is 104 Å². The predicted octanol–water partition coefficient (Wildman–Crippen LogP) is 4.92. The van der Waals surface area contributed by atoms with Crippen molar-refractivity contribution < 1.29 is 10.2 Å². The van der Waals surface area contributed by atoms with Crippen molar-refractivity contribution in [1.82, 2.24) is 5.32 Å². The number of fused-ring (bicyclic) bond motifs is 5. The summed E-state index contributed by atoms with van der Waals surface area (Å²) in [5.41, 5.74) is 2.12. The van der Waals surface area contributed by atoms with Crippen molar-refractivity contribution in [3.63, 3.8) is 0 Å². The minimum Gasteiger partial charge on any atom is -0.393 e. The van der Waals surface area contributed by atoms with Crippen molar-refractivity contribution in [3.05, 3.63) is 11.6 Å². The fourth-order valence-corrected chi connectivity index (χ4v) is 9.36. The summed E-state index contributed by atoms with van der Waals surface area (Å²) in [5, 5.41) is 25.5. The molecular weight excluding hydrogens is 370 g/mol. The van der Waals surface area contributed by atoms with E-state index in [-0.39, 0.29) is 17.6 Å². The van der Waals surface area contributed by atoms with Crippen molar-refractivity contribution in [2.24, 2.45) is 46.3 Å². The van der Waals surface area contributed by atoms with Crippen LogP contribution in [0.4, 0.5) is 0 Å². The highest BCUT2D eigenvalue weighted by Crippen LogP contribution is 2.67. The van der Waals surface area contributed by atoms with Crippen LogP contribution in [0.1, 0.15) is 85.5 Å². The molecule has 0 spiro atoms. The average molecular weight is 416 g/mol. The van der Waals surface area contributed by atoms with Gasteiger partial charge in [0.2, 0.25) is 0 Å². The van der Waals surface area contributed by atoms with Gasteiger partial charge in [-0.2, -0.15) is 0 Å². The first kappa shape index (κ1) is 21.5. The van der Waals surface area contributed by atoms with Crippen LogP contribution >= 0.6 is 0 Å². The summed E-state index contributed by atoms with van der Waals surface area (Å²) in [6, 6.07) is 0.573. The molecule has 5 rings (SSSR count). The van der Waals surface area contributed by atoms with Crippen LogP contribution in [0.2, 0.25) is 0 Å². The van der Waals surface area contributed by atoms with E-state index in [2.05, 4.69) is 39.1 Å². The van der Waals surface area contributed by atoms with Crippen LogP contribution < -0.4 is 5.32 Å². The molecule has 0 aromatic carbocycles. The van der Waals surface area contributed by atoms with Gasteiger partial charge in [0.1, 0.15) is 0 Å². The molecule has 5 aliphatic rings. The van der Waals surface area contributed by atoms with E-state index in [1.165, 1.54) is 32.1 Å². The Hall–Kier alpha value is -0.380. The minimum atomic E-state index is -0.138. The van der Waals surface area contributed by atoms with E-state index >= 15 is 0 Å². The lowest BCUT2D eigenvalue weighted by atomic mass is 9.47. The third-order valence-corrected chi connectivity index (χ3v) is 11.1. The van der Waals surface area contributed by atoms with Gasteiger partial charge in [0.15, 0.2) is 0 Å². The number of hydrogen-bond donors (Lipinski definition) is 3. The van der Waals surface area contributed by atoms with Gasteiger partial charge in [-0.1, -0.05) is 39.3 Å². The number of aliphatic hydroxyl groups excluding tert-OH is 2. The lowest BCUT2D eigenvalue weighted by Crippen LogP contribution is -2.53. The van der Waals surface area contributed by atoms with Crippen LogP contribution in [0.25, 0.3) is 0 Å². The van der Waals surface area contributed by atoms with Gasteiger partial charge in [-0.15, -0.1) is 0 Å². The molecular formula is C27H45NO2. The third-order valence-electron chi connectivity index (χ3n) is 11.1. The van der Waals surface area contributed by atoms with E-state index in [0.717, 1.165) is 50.0 Å². The fourth-order valence-electron chi connectivity index (χ4n) is 9.36. The van der Waals surface area contributed by atoms with Gasteiger partial charge in [-0.05, 0) is 111 Å². The molecule has 11 atom stereocenters. The molecule has 0 radical (unpaired) electrons. The molecule has 170 valence electrons. The smallest absolute Gasteiger partial charge is 0.0579 e. The van der Waals surface area contributed by atoms with E-state index in [4.69, 9.17) is 0 Å². The Morgan fingerprint density at radius 2 is 1.87 bits per heavy atom.